The first-order chi connectivity index (χ1) is 13.0. The standard InChI is InChI=1S/C20H20N4O3/c1-23(2)12-6-7-16(21-10-12)13-4-3-5-14-15(13)11-24(20(14)27)17-8-9-18(25)22-19(17)26/h3-7,10,17H,8-9,11H2,1-2H3,(H,22,25,26). The number of aromatic nitrogens is 1. The first-order valence-corrected chi connectivity index (χ1v) is 8.86. The van der Waals surface area contributed by atoms with Gasteiger partial charge in [-0.2, -0.15) is 0 Å². The Morgan fingerprint density at radius 2 is 1.89 bits per heavy atom. The fourth-order valence-electron chi connectivity index (χ4n) is 3.64. The maximum atomic E-state index is 12.9. The number of rotatable bonds is 3. The number of fused-ring (bicyclic) bond motifs is 1. The smallest absolute Gasteiger partial charge is 0.255 e. The van der Waals surface area contributed by atoms with Gasteiger partial charge in [0.15, 0.2) is 0 Å². The molecule has 0 aliphatic carbocycles. The van der Waals surface area contributed by atoms with Gasteiger partial charge in [-0.25, -0.2) is 0 Å². The Morgan fingerprint density at radius 1 is 1.11 bits per heavy atom. The number of anilines is 1. The first kappa shape index (κ1) is 17.2. The summed E-state index contributed by atoms with van der Waals surface area (Å²) in [6.07, 6.45) is 2.40. The van der Waals surface area contributed by atoms with Crippen molar-refractivity contribution in [1.29, 1.82) is 0 Å². The number of nitrogens with zero attached hydrogens (tertiary/aromatic N) is 3. The Kier molecular flexibility index (Phi) is 4.14. The van der Waals surface area contributed by atoms with Crippen LogP contribution in [0.5, 0.6) is 0 Å². The second-order valence-electron chi connectivity index (χ2n) is 7.03. The van der Waals surface area contributed by atoms with E-state index >= 15 is 0 Å². The second-order valence-corrected chi connectivity index (χ2v) is 7.03. The summed E-state index contributed by atoms with van der Waals surface area (Å²) in [6, 6.07) is 8.86. The SMILES string of the molecule is CN(C)c1ccc(-c2cccc3c2CN(C2CCC(=O)NC2=O)C3=O)nc1. The van der Waals surface area contributed by atoms with Gasteiger partial charge in [-0.15, -0.1) is 0 Å². The van der Waals surface area contributed by atoms with Crippen LogP contribution in [-0.2, 0) is 16.1 Å². The van der Waals surface area contributed by atoms with Crippen LogP contribution < -0.4 is 10.2 Å². The van der Waals surface area contributed by atoms with E-state index in [0.29, 0.717) is 18.5 Å². The largest absolute Gasteiger partial charge is 0.376 e. The molecule has 0 bridgehead atoms. The van der Waals surface area contributed by atoms with Crippen LogP contribution in [0.15, 0.2) is 36.5 Å². The zero-order chi connectivity index (χ0) is 19.1. The van der Waals surface area contributed by atoms with Crippen LogP contribution >= 0.6 is 0 Å². The van der Waals surface area contributed by atoms with Gasteiger partial charge in [0.05, 0.1) is 17.6 Å². The molecule has 1 saturated heterocycles. The Balaban J connectivity index is 1.67. The molecule has 1 fully saturated rings. The highest BCUT2D eigenvalue weighted by Crippen LogP contribution is 2.34. The van der Waals surface area contributed by atoms with Crippen molar-refractivity contribution in [3.8, 4) is 11.3 Å². The van der Waals surface area contributed by atoms with Gasteiger partial charge >= 0.3 is 0 Å². The van der Waals surface area contributed by atoms with Crippen LogP contribution in [0.4, 0.5) is 5.69 Å². The van der Waals surface area contributed by atoms with Crippen LogP contribution in [-0.4, -0.2) is 47.7 Å². The summed E-state index contributed by atoms with van der Waals surface area (Å²) in [5.74, 6) is -0.861. The third-order valence-electron chi connectivity index (χ3n) is 5.12. The molecular formula is C20H20N4O3. The third-order valence-corrected chi connectivity index (χ3v) is 5.12. The molecule has 3 heterocycles. The Hall–Kier alpha value is -3.22. The number of nitrogens with one attached hydrogen (secondary N) is 1. The number of pyridine rings is 1. The minimum absolute atomic E-state index is 0.175. The lowest BCUT2D eigenvalue weighted by Crippen LogP contribution is -2.52. The van der Waals surface area contributed by atoms with Gasteiger partial charge in [0.25, 0.3) is 5.91 Å². The quantitative estimate of drug-likeness (QED) is 0.836. The number of imide groups is 1. The van der Waals surface area contributed by atoms with Gasteiger partial charge < -0.3 is 9.80 Å². The number of hydrogen-bond donors (Lipinski definition) is 1. The third kappa shape index (κ3) is 2.95. The zero-order valence-corrected chi connectivity index (χ0v) is 15.2. The molecule has 27 heavy (non-hydrogen) atoms. The van der Waals surface area contributed by atoms with Crippen LogP contribution in [0.1, 0.15) is 28.8 Å². The number of amides is 3. The summed E-state index contributed by atoms with van der Waals surface area (Å²) >= 11 is 0. The van der Waals surface area contributed by atoms with E-state index < -0.39 is 11.9 Å². The van der Waals surface area contributed by atoms with Crippen molar-refractivity contribution in [1.82, 2.24) is 15.2 Å². The molecule has 2 aromatic rings. The maximum absolute atomic E-state index is 12.9. The lowest BCUT2D eigenvalue weighted by molar-refractivity contribution is -0.136. The summed E-state index contributed by atoms with van der Waals surface area (Å²) in [5.41, 5.74) is 4.14. The summed E-state index contributed by atoms with van der Waals surface area (Å²) in [7, 11) is 3.90. The molecule has 7 heteroatoms. The van der Waals surface area contributed by atoms with E-state index in [4.69, 9.17) is 0 Å². The van der Waals surface area contributed by atoms with E-state index in [-0.39, 0.29) is 18.2 Å². The van der Waals surface area contributed by atoms with E-state index in [1.165, 1.54) is 0 Å². The molecule has 138 valence electrons. The molecule has 1 atom stereocenters. The monoisotopic (exact) mass is 364 g/mol. The lowest BCUT2D eigenvalue weighted by atomic mass is 10.0. The average Bonchev–Trinajstić information content (AvgIpc) is 2.98. The molecule has 0 spiro atoms. The van der Waals surface area contributed by atoms with Gasteiger partial charge in [-0.1, -0.05) is 12.1 Å². The van der Waals surface area contributed by atoms with E-state index in [1.54, 1.807) is 17.2 Å². The molecule has 1 unspecified atom stereocenters. The minimum atomic E-state index is -0.612. The van der Waals surface area contributed by atoms with Crippen molar-refractivity contribution in [3.63, 3.8) is 0 Å². The highest BCUT2D eigenvalue weighted by Gasteiger charge is 2.39. The van der Waals surface area contributed by atoms with Gasteiger partial charge in [0.2, 0.25) is 11.8 Å². The molecule has 1 aromatic heterocycles. The van der Waals surface area contributed by atoms with Crippen molar-refractivity contribution in [2.24, 2.45) is 0 Å². The first-order valence-electron chi connectivity index (χ1n) is 8.86. The fraction of sp³-hybridized carbons (Fsp3) is 0.300. The number of carbonyl (C=O) groups is 3. The van der Waals surface area contributed by atoms with Gasteiger partial charge in [-0.3, -0.25) is 24.7 Å². The van der Waals surface area contributed by atoms with E-state index in [2.05, 4.69) is 10.3 Å². The predicted molar refractivity (Wildman–Crippen MR) is 100 cm³/mol. The van der Waals surface area contributed by atoms with Crippen molar-refractivity contribution in [3.05, 3.63) is 47.7 Å². The topological polar surface area (TPSA) is 82.6 Å². The molecule has 2 aliphatic rings. The lowest BCUT2D eigenvalue weighted by Gasteiger charge is -2.29. The van der Waals surface area contributed by atoms with Gasteiger partial charge in [0.1, 0.15) is 6.04 Å². The van der Waals surface area contributed by atoms with Crippen molar-refractivity contribution >= 4 is 23.4 Å². The number of carbonyl (C=O) groups excluding carboxylic acids is 3. The Labute approximate surface area is 157 Å². The van der Waals surface area contributed by atoms with Crippen LogP contribution in [0, 0.1) is 0 Å². The zero-order valence-electron chi connectivity index (χ0n) is 15.2. The molecule has 7 nitrogen and oxygen atoms in total. The summed E-state index contributed by atoms with van der Waals surface area (Å²) < 4.78 is 0. The highest BCUT2D eigenvalue weighted by molar-refractivity contribution is 6.06. The minimum Gasteiger partial charge on any atom is -0.376 e. The van der Waals surface area contributed by atoms with Crippen LogP contribution in [0.2, 0.25) is 0 Å². The molecule has 0 saturated carbocycles. The summed E-state index contributed by atoms with van der Waals surface area (Å²) in [5, 5.41) is 2.33. The van der Waals surface area contributed by atoms with Gasteiger partial charge in [-0.05, 0) is 30.2 Å². The number of piperidine rings is 1. The molecule has 1 N–H and O–H groups in total. The van der Waals surface area contributed by atoms with E-state index in [0.717, 1.165) is 22.5 Å². The summed E-state index contributed by atoms with van der Waals surface area (Å²) in [6.45, 7) is 0.341. The molecule has 1 aromatic carbocycles. The van der Waals surface area contributed by atoms with Gasteiger partial charge in [0, 0.05) is 38.2 Å². The molecule has 0 radical (unpaired) electrons. The normalized spacial score (nSPS) is 19.1. The van der Waals surface area contributed by atoms with Crippen molar-refractivity contribution in [2.45, 2.75) is 25.4 Å². The van der Waals surface area contributed by atoms with Crippen LogP contribution in [0.25, 0.3) is 11.3 Å². The van der Waals surface area contributed by atoms with E-state index in [9.17, 15) is 14.4 Å². The number of hydrogen-bond acceptors (Lipinski definition) is 5. The predicted octanol–water partition coefficient (Wildman–Crippen LogP) is 1.58. The Bertz CT molecular complexity index is 937. The Morgan fingerprint density at radius 3 is 2.56 bits per heavy atom. The molecular weight excluding hydrogens is 344 g/mol. The average molecular weight is 364 g/mol. The summed E-state index contributed by atoms with van der Waals surface area (Å²) in [4.78, 5) is 44.6. The molecule has 4 rings (SSSR count). The maximum Gasteiger partial charge on any atom is 0.255 e. The van der Waals surface area contributed by atoms with Crippen molar-refractivity contribution in [2.75, 3.05) is 19.0 Å². The molecule has 3 amide bonds. The molecule has 2 aliphatic heterocycles. The van der Waals surface area contributed by atoms with E-state index in [1.807, 2.05) is 43.3 Å². The second kappa shape index (κ2) is 6.50. The van der Waals surface area contributed by atoms with Crippen LogP contribution in [0.3, 0.4) is 0 Å². The number of benzene rings is 1. The fourth-order valence-corrected chi connectivity index (χ4v) is 3.64. The van der Waals surface area contributed by atoms with Crippen molar-refractivity contribution < 1.29 is 14.4 Å². The highest BCUT2D eigenvalue weighted by atomic mass is 16.2.